The molecule has 0 unspecified atom stereocenters. The van der Waals surface area contributed by atoms with Gasteiger partial charge in [0.25, 0.3) is 0 Å². The van der Waals surface area contributed by atoms with Gasteiger partial charge in [-0.3, -0.25) is 0 Å². The molecule has 0 fully saturated rings. The average molecular weight is 278 g/mol. The molecule has 0 aliphatic carbocycles. The van der Waals surface area contributed by atoms with Gasteiger partial charge in [-0.15, -0.1) is 0 Å². The zero-order valence-electron chi connectivity index (χ0n) is 11.9. The van der Waals surface area contributed by atoms with Crippen molar-refractivity contribution in [3.05, 3.63) is 72.1 Å². The molecule has 0 saturated carbocycles. The Kier molecular flexibility index (Phi) is 3.84. The minimum atomic E-state index is 0.110. The predicted molar refractivity (Wildman–Crippen MR) is 86.2 cm³/mol. The number of para-hydroxylation sites is 2. The maximum absolute atomic E-state index is 9.24. The van der Waals surface area contributed by atoms with Crippen LogP contribution in [0.3, 0.4) is 0 Å². The highest BCUT2D eigenvalue weighted by molar-refractivity contribution is 5.76. The first-order valence-corrected chi connectivity index (χ1v) is 7.08. The van der Waals surface area contributed by atoms with E-state index in [0.717, 1.165) is 29.0 Å². The van der Waals surface area contributed by atoms with E-state index in [-0.39, 0.29) is 6.61 Å². The largest absolute Gasteiger partial charge is 0.396 e. The Bertz CT molecular complexity index is 756. The van der Waals surface area contributed by atoms with E-state index in [1.165, 1.54) is 5.56 Å². The molecule has 106 valence electrons. The van der Waals surface area contributed by atoms with Gasteiger partial charge in [0.1, 0.15) is 5.82 Å². The Morgan fingerprint density at radius 2 is 1.86 bits per heavy atom. The van der Waals surface area contributed by atoms with Crippen molar-refractivity contribution in [2.45, 2.75) is 13.0 Å². The van der Waals surface area contributed by atoms with Crippen LogP contribution in [0.5, 0.6) is 0 Å². The lowest BCUT2D eigenvalue weighted by Gasteiger charge is -2.09. The van der Waals surface area contributed by atoms with Crippen LogP contribution in [0, 0.1) is 0 Å². The van der Waals surface area contributed by atoms with Gasteiger partial charge in [-0.2, -0.15) is 0 Å². The van der Waals surface area contributed by atoms with Gasteiger partial charge in [0.15, 0.2) is 0 Å². The van der Waals surface area contributed by atoms with Crippen LogP contribution in [0.25, 0.3) is 17.1 Å². The standard InChI is InChI=1S/C18H18N2O/c1-2-14-7-9-15(10-8-14)13-20-17-6-4-3-5-16(17)19-18(20)11-12-21/h2-10,21H,1,11-13H2. The smallest absolute Gasteiger partial charge is 0.112 e. The van der Waals surface area contributed by atoms with E-state index < -0.39 is 0 Å². The van der Waals surface area contributed by atoms with Gasteiger partial charge in [0.05, 0.1) is 17.6 Å². The highest BCUT2D eigenvalue weighted by atomic mass is 16.3. The molecule has 0 saturated heterocycles. The first-order chi connectivity index (χ1) is 10.3. The third-order valence-corrected chi connectivity index (χ3v) is 3.63. The molecule has 1 aromatic heterocycles. The molecule has 3 heteroatoms. The molecule has 0 bridgehead atoms. The minimum absolute atomic E-state index is 0.110. The van der Waals surface area contributed by atoms with Crippen molar-refractivity contribution in [1.29, 1.82) is 0 Å². The monoisotopic (exact) mass is 278 g/mol. The molecule has 1 N–H and O–H groups in total. The van der Waals surface area contributed by atoms with E-state index in [0.29, 0.717) is 6.42 Å². The lowest BCUT2D eigenvalue weighted by molar-refractivity contribution is 0.295. The first kappa shape index (κ1) is 13.6. The molecule has 0 aliphatic rings. The van der Waals surface area contributed by atoms with Crippen molar-refractivity contribution in [2.75, 3.05) is 6.61 Å². The summed E-state index contributed by atoms with van der Waals surface area (Å²) in [4.78, 5) is 4.62. The van der Waals surface area contributed by atoms with Crippen molar-refractivity contribution in [2.24, 2.45) is 0 Å². The number of aliphatic hydroxyl groups is 1. The van der Waals surface area contributed by atoms with Gasteiger partial charge in [0, 0.05) is 13.0 Å². The van der Waals surface area contributed by atoms with Crippen LogP contribution in [-0.4, -0.2) is 21.3 Å². The molecular weight excluding hydrogens is 260 g/mol. The zero-order chi connectivity index (χ0) is 14.7. The van der Waals surface area contributed by atoms with Crippen molar-refractivity contribution >= 4 is 17.1 Å². The molecule has 21 heavy (non-hydrogen) atoms. The summed E-state index contributed by atoms with van der Waals surface area (Å²) in [5.41, 5.74) is 4.41. The third-order valence-electron chi connectivity index (χ3n) is 3.63. The molecule has 1 heterocycles. The summed E-state index contributed by atoms with van der Waals surface area (Å²) in [6, 6.07) is 16.4. The lowest BCUT2D eigenvalue weighted by atomic mass is 10.1. The summed E-state index contributed by atoms with van der Waals surface area (Å²) in [6.07, 6.45) is 2.41. The first-order valence-electron chi connectivity index (χ1n) is 7.08. The summed E-state index contributed by atoms with van der Waals surface area (Å²) < 4.78 is 2.18. The van der Waals surface area contributed by atoms with Crippen LogP contribution in [0.4, 0.5) is 0 Å². The van der Waals surface area contributed by atoms with Gasteiger partial charge in [0.2, 0.25) is 0 Å². The lowest BCUT2D eigenvalue weighted by Crippen LogP contribution is -2.07. The van der Waals surface area contributed by atoms with Crippen LogP contribution < -0.4 is 0 Å². The summed E-state index contributed by atoms with van der Waals surface area (Å²) in [7, 11) is 0. The number of nitrogens with zero attached hydrogens (tertiary/aromatic N) is 2. The molecule has 2 aromatic carbocycles. The van der Waals surface area contributed by atoms with Crippen LogP contribution >= 0.6 is 0 Å². The summed E-state index contributed by atoms with van der Waals surface area (Å²) in [5, 5.41) is 9.24. The Labute approximate surface area is 124 Å². The highest BCUT2D eigenvalue weighted by Crippen LogP contribution is 2.18. The Balaban J connectivity index is 2.00. The van der Waals surface area contributed by atoms with Crippen LogP contribution in [-0.2, 0) is 13.0 Å². The molecule has 0 aliphatic heterocycles. The van der Waals surface area contributed by atoms with E-state index in [4.69, 9.17) is 0 Å². The molecule has 3 rings (SSSR count). The summed E-state index contributed by atoms with van der Waals surface area (Å²) >= 11 is 0. The van der Waals surface area contributed by atoms with Crippen molar-refractivity contribution in [1.82, 2.24) is 9.55 Å². The van der Waals surface area contributed by atoms with Crippen molar-refractivity contribution in [3.8, 4) is 0 Å². The second-order valence-corrected chi connectivity index (χ2v) is 5.02. The van der Waals surface area contributed by atoms with Gasteiger partial charge >= 0.3 is 0 Å². The van der Waals surface area contributed by atoms with Gasteiger partial charge in [-0.25, -0.2) is 4.98 Å². The quantitative estimate of drug-likeness (QED) is 0.778. The third kappa shape index (κ3) is 2.73. The number of benzene rings is 2. The number of aromatic nitrogens is 2. The topological polar surface area (TPSA) is 38.0 Å². The summed E-state index contributed by atoms with van der Waals surface area (Å²) in [5.74, 6) is 0.923. The maximum atomic E-state index is 9.24. The fourth-order valence-electron chi connectivity index (χ4n) is 2.53. The van der Waals surface area contributed by atoms with E-state index >= 15 is 0 Å². The SMILES string of the molecule is C=Cc1ccc(Cn2c(CCO)nc3ccccc32)cc1. The van der Waals surface area contributed by atoms with Crippen LogP contribution in [0.1, 0.15) is 17.0 Å². The van der Waals surface area contributed by atoms with E-state index in [1.54, 1.807) is 0 Å². The predicted octanol–water partition coefficient (Wildman–Crippen LogP) is 3.26. The number of imidazole rings is 1. The van der Waals surface area contributed by atoms with Gasteiger partial charge in [-0.05, 0) is 23.3 Å². The van der Waals surface area contributed by atoms with E-state index in [2.05, 4.69) is 46.5 Å². The zero-order valence-corrected chi connectivity index (χ0v) is 11.9. The molecule has 3 aromatic rings. The fraction of sp³-hybridized carbons (Fsp3) is 0.167. The van der Waals surface area contributed by atoms with Gasteiger partial charge in [-0.1, -0.05) is 49.1 Å². The van der Waals surface area contributed by atoms with Crippen LogP contribution in [0.2, 0.25) is 0 Å². The number of rotatable bonds is 5. The highest BCUT2D eigenvalue weighted by Gasteiger charge is 2.10. The minimum Gasteiger partial charge on any atom is -0.396 e. The number of hydrogen-bond acceptors (Lipinski definition) is 2. The molecule has 0 amide bonds. The number of aliphatic hydroxyl groups excluding tert-OH is 1. The molecular formula is C18H18N2O. The van der Waals surface area contributed by atoms with Gasteiger partial charge < -0.3 is 9.67 Å². The Morgan fingerprint density at radius 1 is 1.10 bits per heavy atom. The molecule has 0 atom stereocenters. The van der Waals surface area contributed by atoms with Crippen molar-refractivity contribution in [3.63, 3.8) is 0 Å². The molecule has 3 nitrogen and oxygen atoms in total. The maximum Gasteiger partial charge on any atom is 0.112 e. The van der Waals surface area contributed by atoms with Crippen molar-refractivity contribution < 1.29 is 5.11 Å². The second kappa shape index (κ2) is 5.94. The second-order valence-electron chi connectivity index (χ2n) is 5.02. The van der Waals surface area contributed by atoms with E-state index in [9.17, 15) is 5.11 Å². The fourth-order valence-corrected chi connectivity index (χ4v) is 2.53. The molecule has 0 spiro atoms. The summed E-state index contributed by atoms with van der Waals surface area (Å²) in [6.45, 7) is 4.64. The van der Waals surface area contributed by atoms with E-state index in [1.807, 2.05) is 24.3 Å². The molecule has 0 radical (unpaired) electrons. The normalized spacial score (nSPS) is 10.9. The Morgan fingerprint density at radius 3 is 2.57 bits per heavy atom. The average Bonchev–Trinajstić information content (AvgIpc) is 2.86. The number of hydrogen-bond donors (Lipinski definition) is 1. The van der Waals surface area contributed by atoms with Crippen LogP contribution in [0.15, 0.2) is 55.1 Å². The Hall–Kier alpha value is -2.39. The number of fused-ring (bicyclic) bond motifs is 1.